The van der Waals surface area contributed by atoms with Gasteiger partial charge in [-0.2, -0.15) is 0 Å². The minimum Gasteiger partial charge on any atom is -0.309 e. The van der Waals surface area contributed by atoms with Crippen molar-refractivity contribution in [3.8, 4) is 0 Å². The van der Waals surface area contributed by atoms with Gasteiger partial charge in [0.05, 0.1) is 11.9 Å². The van der Waals surface area contributed by atoms with E-state index in [1.807, 2.05) is 30.0 Å². The van der Waals surface area contributed by atoms with E-state index < -0.39 is 10.0 Å². The van der Waals surface area contributed by atoms with Crippen molar-refractivity contribution in [1.29, 1.82) is 0 Å². The SMILES string of the molecule is CCC(=O)N(c1ccc2c(c1)CCN2S(C)(=O)=O)C1CCN(C)CC1. The summed E-state index contributed by atoms with van der Waals surface area (Å²) < 4.78 is 25.3. The Hall–Kier alpha value is -1.60. The molecule has 1 amide bonds. The molecule has 0 unspecified atom stereocenters. The van der Waals surface area contributed by atoms with Gasteiger partial charge in [0, 0.05) is 24.7 Å². The van der Waals surface area contributed by atoms with Crippen LogP contribution in [-0.2, 0) is 21.2 Å². The van der Waals surface area contributed by atoms with E-state index in [0.717, 1.165) is 42.9 Å². The van der Waals surface area contributed by atoms with Crippen LogP contribution in [0.15, 0.2) is 18.2 Å². The zero-order valence-corrected chi connectivity index (χ0v) is 16.1. The van der Waals surface area contributed by atoms with Crippen LogP contribution in [0, 0.1) is 0 Å². The van der Waals surface area contributed by atoms with E-state index in [9.17, 15) is 13.2 Å². The molecule has 2 aliphatic rings. The van der Waals surface area contributed by atoms with E-state index in [1.165, 1.54) is 10.6 Å². The summed E-state index contributed by atoms with van der Waals surface area (Å²) in [6.45, 7) is 4.35. The quantitative estimate of drug-likeness (QED) is 0.817. The Morgan fingerprint density at radius 2 is 1.92 bits per heavy atom. The van der Waals surface area contributed by atoms with E-state index in [2.05, 4.69) is 11.9 Å². The van der Waals surface area contributed by atoms with Gasteiger partial charge in [-0.15, -0.1) is 0 Å². The fraction of sp³-hybridized carbons (Fsp3) is 0.611. The summed E-state index contributed by atoms with van der Waals surface area (Å²) in [6.07, 6.45) is 4.34. The van der Waals surface area contributed by atoms with Crippen molar-refractivity contribution < 1.29 is 13.2 Å². The monoisotopic (exact) mass is 365 g/mol. The Balaban J connectivity index is 1.91. The molecule has 1 aromatic rings. The number of nitrogens with zero attached hydrogens (tertiary/aromatic N) is 3. The summed E-state index contributed by atoms with van der Waals surface area (Å²) in [5.74, 6) is 0.132. The molecule has 2 aliphatic heterocycles. The molecule has 1 saturated heterocycles. The van der Waals surface area contributed by atoms with Crippen molar-refractivity contribution in [2.45, 2.75) is 38.6 Å². The van der Waals surface area contributed by atoms with Crippen LogP contribution in [0.5, 0.6) is 0 Å². The zero-order valence-electron chi connectivity index (χ0n) is 15.2. The molecule has 3 rings (SSSR count). The van der Waals surface area contributed by atoms with Crippen LogP contribution >= 0.6 is 0 Å². The lowest BCUT2D eigenvalue weighted by Gasteiger charge is -2.37. The van der Waals surface area contributed by atoms with Crippen LogP contribution < -0.4 is 9.21 Å². The first-order valence-corrected chi connectivity index (χ1v) is 10.8. The highest BCUT2D eigenvalue weighted by Crippen LogP contribution is 2.34. The molecule has 138 valence electrons. The van der Waals surface area contributed by atoms with Gasteiger partial charge in [-0.25, -0.2) is 8.42 Å². The van der Waals surface area contributed by atoms with Gasteiger partial charge in [0.1, 0.15) is 0 Å². The topological polar surface area (TPSA) is 60.9 Å². The molecule has 1 aromatic carbocycles. The third-order valence-corrected chi connectivity index (χ3v) is 6.40. The van der Waals surface area contributed by atoms with Gasteiger partial charge in [-0.05, 0) is 63.2 Å². The number of carbonyl (C=O) groups excluding carboxylic acids is 1. The molecule has 0 aliphatic carbocycles. The summed E-state index contributed by atoms with van der Waals surface area (Å²) in [5, 5.41) is 0. The highest BCUT2D eigenvalue weighted by atomic mass is 32.2. The molecule has 0 N–H and O–H groups in total. The molecule has 1 fully saturated rings. The smallest absolute Gasteiger partial charge is 0.232 e. The Morgan fingerprint density at radius 3 is 2.52 bits per heavy atom. The first-order chi connectivity index (χ1) is 11.8. The Kier molecular flexibility index (Phi) is 5.06. The molecule has 0 aromatic heterocycles. The van der Waals surface area contributed by atoms with Crippen LogP contribution in [0.2, 0.25) is 0 Å². The lowest BCUT2D eigenvalue weighted by molar-refractivity contribution is -0.119. The number of carbonyl (C=O) groups is 1. The minimum atomic E-state index is -3.25. The second-order valence-corrected chi connectivity index (χ2v) is 8.96. The average Bonchev–Trinajstić information content (AvgIpc) is 3.00. The van der Waals surface area contributed by atoms with Gasteiger partial charge >= 0.3 is 0 Å². The Labute approximate surface area is 150 Å². The molecule has 0 spiro atoms. The number of benzene rings is 1. The number of hydrogen-bond acceptors (Lipinski definition) is 4. The molecule has 25 heavy (non-hydrogen) atoms. The van der Waals surface area contributed by atoms with Crippen molar-refractivity contribution in [1.82, 2.24) is 4.90 Å². The molecular formula is C18H27N3O3S. The third kappa shape index (κ3) is 3.67. The van der Waals surface area contributed by atoms with Gasteiger partial charge in [0.15, 0.2) is 0 Å². The van der Waals surface area contributed by atoms with Crippen LogP contribution in [-0.4, -0.2) is 58.2 Å². The van der Waals surface area contributed by atoms with Crippen molar-refractivity contribution in [2.75, 3.05) is 42.1 Å². The van der Waals surface area contributed by atoms with Crippen LogP contribution in [0.25, 0.3) is 0 Å². The number of hydrogen-bond donors (Lipinski definition) is 0. The number of fused-ring (bicyclic) bond motifs is 1. The summed E-state index contributed by atoms with van der Waals surface area (Å²) in [7, 11) is -1.14. The maximum atomic E-state index is 12.6. The molecule has 6 nitrogen and oxygen atoms in total. The van der Waals surface area contributed by atoms with Crippen molar-refractivity contribution in [2.24, 2.45) is 0 Å². The number of amides is 1. The molecule has 0 atom stereocenters. The lowest BCUT2D eigenvalue weighted by atomic mass is 10.0. The predicted molar refractivity (Wildman–Crippen MR) is 101 cm³/mol. The van der Waals surface area contributed by atoms with E-state index in [-0.39, 0.29) is 11.9 Å². The largest absolute Gasteiger partial charge is 0.309 e. The van der Waals surface area contributed by atoms with E-state index in [1.54, 1.807) is 0 Å². The van der Waals surface area contributed by atoms with Crippen LogP contribution in [0.1, 0.15) is 31.7 Å². The average molecular weight is 365 g/mol. The highest BCUT2D eigenvalue weighted by Gasteiger charge is 2.30. The molecule has 0 bridgehead atoms. The molecular weight excluding hydrogens is 338 g/mol. The van der Waals surface area contributed by atoms with Crippen LogP contribution in [0.3, 0.4) is 0 Å². The second kappa shape index (κ2) is 6.96. The van der Waals surface area contributed by atoms with E-state index >= 15 is 0 Å². The number of anilines is 2. The standard InChI is InChI=1S/C18H27N3O3S/c1-4-18(22)21(15-8-10-19(2)11-9-15)16-5-6-17-14(13-16)7-12-20(17)25(3,23)24/h5-6,13,15H,4,7-12H2,1-3H3. The fourth-order valence-corrected chi connectivity index (χ4v) is 4.79. The summed E-state index contributed by atoms with van der Waals surface area (Å²) >= 11 is 0. The van der Waals surface area contributed by atoms with Gasteiger partial charge in [-0.1, -0.05) is 6.92 Å². The van der Waals surface area contributed by atoms with Crippen molar-refractivity contribution in [3.63, 3.8) is 0 Å². The normalized spacial score (nSPS) is 19.1. The summed E-state index contributed by atoms with van der Waals surface area (Å²) in [5.41, 5.74) is 2.65. The van der Waals surface area contributed by atoms with Gasteiger partial charge in [0.25, 0.3) is 0 Å². The fourth-order valence-electron chi connectivity index (χ4n) is 3.83. The maximum absolute atomic E-state index is 12.6. The molecule has 2 heterocycles. The number of likely N-dealkylation sites (tertiary alicyclic amines) is 1. The third-order valence-electron chi connectivity index (χ3n) is 5.22. The first kappa shape index (κ1) is 18.2. The van der Waals surface area contributed by atoms with Crippen molar-refractivity contribution in [3.05, 3.63) is 23.8 Å². The highest BCUT2D eigenvalue weighted by molar-refractivity contribution is 7.92. The van der Waals surface area contributed by atoms with Gasteiger partial charge in [-0.3, -0.25) is 9.10 Å². The number of rotatable bonds is 4. The molecule has 7 heteroatoms. The minimum absolute atomic E-state index is 0.132. The number of sulfonamides is 1. The van der Waals surface area contributed by atoms with Crippen molar-refractivity contribution >= 4 is 27.3 Å². The Bertz CT molecular complexity index is 755. The first-order valence-electron chi connectivity index (χ1n) is 8.92. The predicted octanol–water partition coefficient (Wildman–Crippen LogP) is 1.85. The van der Waals surface area contributed by atoms with Crippen LogP contribution in [0.4, 0.5) is 11.4 Å². The maximum Gasteiger partial charge on any atom is 0.232 e. The Morgan fingerprint density at radius 1 is 1.24 bits per heavy atom. The van der Waals surface area contributed by atoms with E-state index in [0.29, 0.717) is 19.4 Å². The summed E-state index contributed by atoms with van der Waals surface area (Å²) in [4.78, 5) is 16.9. The lowest BCUT2D eigenvalue weighted by Crippen LogP contribution is -2.46. The van der Waals surface area contributed by atoms with Gasteiger partial charge in [0.2, 0.25) is 15.9 Å². The molecule has 0 saturated carbocycles. The second-order valence-electron chi connectivity index (χ2n) is 7.05. The number of piperidine rings is 1. The zero-order chi connectivity index (χ0) is 18.2. The molecule has 0 radical (unpaired) electrons. The summed E-state index contributed by atoms with van der Waals surface area (Å²) in [6, 6.07) is 5.97. The van der Waals surface area contributed by atoms with Gasteiger partial charge < -0.3 is 9.80 Å². The van der Waals surface area contributed by atoms with E-state index in [4.69, 9.17) is 0 Å².